The third-order valence-corrected chi connectivity index (χ3v) is 5.24. The van der Waals surface area contributed by atoms with Crippen LogP contribution in [0.3, 0.4) is 0 Å². The summed E-state index contributed by atoms with van der Waals surface area (Å²) in [7, 11) is -1.05. The van der Waals surface area contributed by atoms with Gasteiger partial charge in [0, 0.05) is 11.7 Å². The first-order valence-corrected chi connectivity index (χ1v) is 8.59. The number of rotatable bonds is 6. The van der Waals surface area contributed by atoms with Gasteiger partial charge in [-0.15, -0.1) is 0 Å². The van der Waals surface area contributed by atoms with E-state index in [1.165, 1.54) is 49.1 Å². The van der Waals surface area contributed by atoms with Crippen molar-refractivity contribution in [2.24, 2.45) is 0 Å². The molecule has 0 unspecified atom stereocenters. The molecule has 0 saturated carbocycles. The molecular weight excluding hydrogens is 332 g/mol. The summed E-state index contributed by atoms with van der Waals surface area (Å²) in [4.78, 5) is 8.14. The van der Waals surface area contributed by atoms with Crippen LogP contribution in [0.25, 0.3) is 0 Å². The van der Waals surface area contributed by atoms with Gasteiger partial charge in [0.05, 0.1) is 19.1 Å². The summed E-state index contributed by atoms with van der Waals surface area (Å²) in [6.45, 7) is 3.48. The number of anilines is 2. The van der Waals surface area contributed by atoms with Crippen LogP contribution in [0.5, 0.6) is 11.6 Å². The molecule has 0 saturated heterocycles. The molecule has 1 aromatic heterocycles. The van der Waals surface area contributed by atoms with Gasteiger partial charge in [-0.2, -0.15) is 4.98 Å². The van der Waals surface area contributed by atoms with Crippen molar-refractivity contribution in [1.29, 1.82) is 0 Å². The van der Waals surface area contributed by atoms with Gasteiger partial charge < -0.3 is 15.2 Å². The molecule has 0 aliphatic heterocycles. The van der Waals surface area contributed by atoms with Gasteiger partial charge in [0.1, 0.15) is 6.33 Å². The zero-order chi connectivity index (χ0) is 17.9. The molecular formula is C15H20N4O4S. The molecule has 8 nitrogen and oxygen atoms in total. The number of nitrogen functional groups attached to an aromatic ring is 1. The molecule has 0 spiro atoms. The Labute approximate surface area is 141 Å². The Bertz CT molecular complexity index is 807. The van der Waals surface area contributed by atoms with Crippen molar-refractivity contribution < 1.29 is 17.9 Å². The highest BCUT2D eigenvalue weighted by atomic mass is 32.2. The number of hydrogen-bond acceptors (Lipinski definition) is 7. The summed E-state index contributed by atoms with van der Waals surface area (Å²) in [6, 6.07) is 5.54. The first-order valence-electron chi connectivity index (χ1n) is 7.15. The Kier molecular flexibility index (Phi) is 5.13. The third-order valence-electron chi connectivity index (χ3n) is 3.26. The van der Waals surface area contributed by atoms with Crippen LogP contribution >= 0.6 is 0 Å². The lowest BCUT2D eigenvalue weighted by Gasteiger charge is -2.28. The van der Waals surface area contributed by atoms with E-state index in [1.807, 2.05) is 0 Å². The fourth-order valence-corrected chi connectivity index (χ4v) is 3.84. The Balaban J connectivity index is 2.65. The van der Waals surface area contributed by atoms with Crippen LogP contribution in [0.15, 0.2) is 35.5 Å². The largest absolute Gasteiger partial charge is 0.489 e. The topological polar surface area (TPSA) is 108 Å². The lowest BCUT2D eigenvalue weighted by atomic mass is 10.3. The summed E-state index contributed by atoms with van der Waals surface area (Å²) < 4.78 is 37.7. The van der Waals surface area contributed by atoms with Crippen LogP contribution in [-0.4, -0.2) is 38.6 Å². The number of methoxy groups -OCH3 is 2. The number of nitrogens with zero attached hydrogens (tertiary/aromatic N) is 3. The van der Waals surface area contributed by atoms with E-state index in [1.54, 1.807) is 13.8 Å². The number of ether oxygens (including phenoxy) is 2. The first-order chi connectivity index (χ1) is 11.3. The van der Waals surface area contributed by atoms with E-state index < -0.39 is 16.1 Å². The first kappa shape index (κ1) is 17.8. The predicted molar refractivity (Wildman–Crippen MR) is 90.8 cm³/mol. The van der Waals surface area contributed by atoms with E-state index in [0.717, 1.165) is 0 Å². The maximum Gasteiger partial charge on any atom is 0.265 e. The zero-order valence-corrected chi connectivity index (χ0v) is 14.7. The van der Waals surface area contributed by atoms with Gasteiger partial charge in [-0.05, 0) is 38.1 Å². The predicted octanol–water partition coefficient (Wildman–Crippen LogP) is 1.68. The number of nitrogens with two attached hydrogens (primary N) is 1. The Morgan fingerprint density at radius 2 is 1.71 bits per heavy atom. The molecule has 1 heterocycles. The summed E-state index contributed by atoms with van der Waals surface area (Å²) in [5.74, 6) is 0.407. The van der Waals surface area contributed by atoms with Crippen LogP contribution in [0.4, 0.5) is 11.5 Å². The molecule has 0 bridgehead atoms. The second-order valence-corrected chi connectivity index (χ2v) is 7.02. The quantitative estimate of drug-likeness (QED) is 0.788. The maximum absolute atomic E-state index is 13.1. The average Bonchev–Trinajstić information content (AvgIpc) is 2.54. The standard InChI is InChI=1S/C15H20N4O4S/c1-10(2)19(14-13(22-3)15(23-4)18-9-17-14)24(20,21)12-7-5-11(16)6-8-12/h5-10H,16H2,1-4H3. The molecule has 0 aliphatic rings. The van der Waals surface area contributed by atoms with Crippen molar-refractivity contribution in [3.63, 3.8) is 0 Å². The summed E-state index contributed by atoms with van der Waals surface area (Å²) in [5, 5.41) is 0. The molecule has 130 valence electrons. The van der Waals surface area contributed by atoms with Gasteiger partial charge in [0.15, 0.2) is 5.82 Å². The van der Waals surface area contributed by atoms with E-state index in [4.69, 9.17) is 15.2 Å². The number of hydrogen-bond donors (Lipinski definition) is 1. The molecule has 1 aromatic carbocycles. The molecule has 2 N–H and O–H groups in total. The highest BCUT2D eigenvalue weighted by Crippen LogP contribution is 2.37. The van der Waals surface area contributed by atoms with Gasteiger partial charge >= 0.3 is 0 Å². The Morgan fingerprint density at radius 1 is 1.08 bits per heavy atom. The lowest BCUT2D eigenvalue weighted by Crippen LogP contribution is -2.38. The molecule has 0 radical (unpaired) electrons. The highest BCUT2D eigenvalue weighted by molar-refractivity contribution is 7.92. The number of sulfonamides is 1. The highest BCUT2D eigenvalue weighted by Gasteiger charge is 2.32. The molecule has 0 aliphatic carbocycles. The molecule has 0 fully saturated rings. The van der Waals surface area contributed by atoms with Crippen molar-refractivity contribution in [1.82, 2.24) is 9.97 Å². The maximum atomic E-state index is 13.1. The van der Waals surface area contributed by atoms with Crippen molar-refractivity contribution in [2.45, 2.75) is 24.8 Å². The van der Waals surface area contributed by atoms with Crippen molar-refractivity contribution in [2.75, 3.05) is 24.3 Å². The fraction of sp³-hybridized carbons (Fsp3) is 0.333. The van der Waals surface area contributed by atoms with Crippen molar-refractivity contribution in [3.05, 3.63) is 30.6 Å². The zero-order valence-electron chi connectivity index (χ0n) is 13.9. The van der Waals surface area contributed by atoms with Gasteiger partial charge in [-0.25, -0.2) is 17.7 Å². The summed E-state index contributed by atoms with van der Waals surface area (Å²) in [6.07, 6.45) is 1.23. The van der Waals surface area contributed by atoms with Crippen LogP contribution < -0.4 is 19.5 Å². The van der Waals surface area contributed by atoms with Crippen molar-refractivity contribution >= 4 is 21.5 Å². The van der Waals surface area contributed by atoms with Gasteiger partial charge in [0.2, 0.25) is 5.75 Å². The Hall–Kier alpha value is -2.55. The van der Waals surface area contributed by atoms with Crippen LogP contribution in [0.2, 0.25) is 0 Å². The van der Waals surface area contributed by atoms with E-state index in [0.29, 0.717) is 5.69 Å². The van der Waals surface area contributed by atoms with E-state index in [9.17, 15) is 8.42 Å². The fourth-order valence-electron chi connectivity index (χ4n) is 2.22. The van der Waals surface area contributed by atoms with Crippen molar-refractivity contribution in [3.8, 4) is 11.6 Å². The molecule has 0 atom stereocenters. The minimum Gasteiger partial charge on any atom is -0.489 e. The second-order valence-electron chi connectivity index (χ2n) is 5.20. The molecule has 2 aromatic rings. The van der Waals surface area contributed by atoms with Gasteiger partial charge in [0.25, 0.3) is 15.9 Å². The molecule has 0 amide bonds. The minimum absolute atomic E-state index is 0.102. The van der Waals surface area contributed by atoms with Gasteiger partial charge in [-0.1, -0.05) is 0 Å². The van der Waals surface area contributed by atoms with E-state index >= 15 is 0 Å². The van der Waals surface area contributed by atoms with Crippen LogP contribution in [0.1, 0.15) is 13.8 Å². The third kappa shape index (κ3) is 3.21. The van der Waals surface area contributed by atoms with E-state index in [-0.39, 0.29) is 22.3 Å². The summed E-state index contributed by atoms with van der Waals surface area (Å²) in [5.41, 5.74) is 6.11. The number of aromatic nitrogens is 2. The minimum atomic E-state index is -3.88. The Morgan fingerprint density at radius 3 is 2.21 bits per heavy atom. The SMILES string of the molecule is COc1ncnc(N(C(C)C)S(=O)(=O)c2ccc(N)cc2)c1OC. The lowest BCUT2D eigenvalue weighted by molar-refractivity contribution is 0.341. The second kappa shape index (κ2) is 6.91. The molecule has 9 heteroatoms. The number of benzene rings is 1. The molecule has 24 heavy (non-hydrogen) atoms. The smallest absolute Gasteiger partial charge is 0.265 e. The monoisotopic (exact) mass is 352 g/mol. The van der Waals surface area contributed by atoms with Gasteiger partial charge in [-0.3, -0.25) is 0 Å². The van der Waals surface area contributed by atoms with Crippen LogP contribution in [0, 0.1) is 0 Å². The van der Waals surface area contributed by atoms with E-state index in [2.05, 4.69) is 9.97 Å². The molecule has 2 rings (SSSR count). The summed E-state index contributed by atoms with van der Waals surface area (Å²) >= 11 is 0. The van der Waals surface area contributed by atoms with Crippen LogP contribution in [-0.2, 0) is 10.0 Å². The average molecular weight is 352 g/mol. The normalized spacial score (nSPS) is 11.4.